The number of rotatable bonds is 2. The van der Waals surface area contributed by atoms with Crippen LogP contribution in [-0.2, 0) is 0 Å². The molecule has 0 fully saturated rings. The zero-order valence-corrected chi connectivity index (χ0v) is 7.82. The lowest BCUT2D eigenvalue weighted by molar-refractivity contribution is 1.15. The van der Waals surface area contributed by atoms with E-state index < -0.39 is 0 Å². The summed E-state index contributed by atoms with van der Waals surface area (Å²) in [6.45, 7) is 3.32. The van der Waals surface area contributed by atoms with Crippen LogP contribution in [0.4, 0.5) is 11.5 Å². The van der Waals surface area contributed by atoms with Gasteiger partial charge in [0.2, 0.25) is 5.28 Å². The molecular weight excluding hydrogens is 199 g/mol. The topological polar surface area (TPSA) is 50.2 Å². The Morgan fingerprint density at radius 2 is 2.08 bits per heavy atom. The molecule has 0 bridgehead atoms. The second kappa shape index (κ2) is 3.69. The highest BCUT2D eigenvalue weighted by molar-refractivity contribution is 6.34. The Morgan fingerprint density at radius 1 is 1.42 bits per heavy atom. The standard InChI is InChI=1S/C6H6Cl2N4/c1-9-3-4(7)11-6(8)12-5(3)10-2/h9H,2H2,1H3. The van der Waals surface area contributed by atoms with Crippen molar-refractivity contribution in [2.24, 2.45) is 4.99 Å². The zero-order valence-electron chi connectivity index (χ0n) is 6.30. The van der Waals surface area contributed by atoms with Gasteiger partial charge in [0.25, 0.3) is 0 Å². The average molecular weight is 205 g/mol. The van der Waals surface area contributed by atoms with Gasteiger partial charge in [-0.3, -0.25) is 0 Å². The minimum atomic E-state index is 0.0569. The maximum Gasteiger partial charge on any atom is 0.225 e. The van der Waals surface area contributed by atoms with Crippen molar-refractivity contribution < 1.29 is 0 Å². The number of anilines is 1. The third kappa shape index (κ3) is 1.65. The molecule has 0 spiro atoms. The van der Waals surface area contributed by atoms with Gasteiger partial charge in [-0.25, -0.2) is 9.98 Å². The number of aliphatic imine (C=N–C) groups is 1. The van der Waals surface area contributed by atoms with E-state index in [1.54, 1.807) is 7.05 Å². The SMILES string of the molecule is C=Nc1nc(Cl)nc(Cl)c1NC. The predicted octanol–water partition coefficient (Wildman–Crippen LogP) is 2.16. The van der Waals surface area contributed by atoms with Crippen LogP contribution < -0.4 is 5.32 Å². The number of hydrogen-bond donors (Lipinski definition) is 1. The minimum absolute atomic E-state index is 0.0569. The molecule has 0 aliphatic rings. The number of halogens is 2. The summed E-state index contributed by atoms with van der Waals surface area (Å²) in [5, 5.41) is 3.09. The van der Waals surface area contributed by atoms with Gasteiger partial charge >= 0.3 is 0 Å². The normalized spacial score (nSPS) is 9.58. The molecule has 0 saturated carbocycles. The maximum atomic E-state index is 5.73. The van der Waals surface area contributed by atoms with Crippen LogP contribution in [0.1, 0.15) is 0 Å². The second-order valence-electron chi connectivity index (χ2n) is 1.89. The highest BCUT2D eigenvalue weighted by Gasteiger charge is 2.08. The third-order valence-electron chi connectivity index (χ3n) is 1.22. The van der Waals surface area contributed by atoms with Gasteiger partial charge in [0, 0.05) is 7.05 Å². The summed E-state index contributed by atoms with van der Waals surface area (Å²) in [6, 6.07) is 0. The molecule has 1 rings (SSSR count). The first-order valence-corrected chi connectivity index (χ1v) is 3.82. The Labute approximate surface area is 79.7 Å². The largest absolute Gasteiger partial charge is 0.383 e. The van der Waals surface area contributed by atoms with Crippen LogP contribution in [0.5, 0.6) is 0 Å². The fourth-order valence-electron chi connectivity index (χ4n) is 0.727. The Hall–Kier alpha value is -0.870. The molecule has 12 heavy (non-hydrogen) atoms. The summed E-state index contributed by atoms with van der Waals surface area (Å²) >= 11 is 11.3. The molecule has 0 amide bonds. The molecule has 64 valence electrons. The molecule has 6 heteroatoms. The van der Waals surface area contributed by atoms with Gasteiger partial charge in [-0.1, -0.05) is 11.6 Å². The van der Waals surface area contributed by atoms with Crippen LogP contribution in [0, 0.1) is 0 Å². The highest BCUT2D eigenvalue weighted by Crippen LogP contribution is 2.29. The van der Waals surface area contributed by atoms with Crippen molar-refractivity contribution in [3.63, 3.8) is 0 Å². The molecule has 1 aromatic rings. The molecule has 0 aliphatic heterocycles. The van der Waals surface area contributed by atoms with Crippen molar-refractivity contribution in [1.29, 1.82) is 0 Å². The summed E-state index contributed by atoms with van der Waals surface area (Å²) in [5.74, 6) is 0.350. The fraction of sp³-hybridized carbons (Fsp3) is 0.167. The van der Waals surface area contributed by atoms with Gasteiger partial charge in [0.1, 0.15) is 5.69 Å². The number of hydrogen-bond acceptors (Lipinski definition) is 4. The van der Waals surface area contributed by atoms with E-state index >= 15 is 0 Å². The van der Waals surface area contributed by atoms with Crippen LogP contribution in [0.25, 0.3) is 0 Å². The summed E-state index contributed by atoms with van der Waals surface area (Å²) < 4.78 is 0. The average Bonchev–Trinajstić information content (AvgIpc) is 2.03. The monoisotopic (exact) mass is 204 g/mol. The molecule has 1 aromatic heterocycles. The molecule has 0 aromatic carbocycles. The second-order valence-corrected chi connectivity index (χ2v) is 2.59. The summed E-state index contributed by atoms with van der Waals surface area (Å²) in [5.41, 5.74) is 0.524. The number of nitrogens with zero attached hydrogens (tertiary/aromatic N) is 3. The Bertz CT molecular complexity index is 313. The summed E-state index contributed by atoms with van der Waals surface area (Å²) in [7, 11) is 1.69. The van der Waals surface area contributed by atoms with Gasteiger partial charge in [-0.05, 0) is 18.3 Å². The maximum absolute atomic E-state index is 5.73. The van der Waals surface area contributed by atoms with Gasteiger partial charge in [0.15, 0.2) is 11.0 Å². The lowest BCUT2D eigenvalue weighted by atomic mass is 10.5. The van der Waals surface area contributed by atoms with E-state index in [0.717, 1.165) is 0 Å². The Kier molecular flexibility index (Phi) is 2.83. The first-order chi connectivity index (χ1) is 5.69. The van der Waals surface area contributed by atoms with E-state index in [4.69, 9.17) is 23.2 Å². The minimum Gasteiger partial charge on any atom is -0.383 e. The molecule has 0 unspecified atom stereocenters. The van der Waals surface area contributed by atoms with Crippen LogP contribution in [0.3, 0.4) is 0 Å². The molecular formula is C6H6Cl2N4. The molecule has 1 heterocycles. The zero-order chi connectivity index (χ0) is 9.14. The molecule has 1 N–H and O–H groups in total. The van der Waals surface area contributed by atoms with Crippen LogP contribution in [0.2, 0.25) is 10.4 Å². The van der Waals surface area contributed by atoms with Gasteiger partial charge in [0.05, 0.1) is 0 Å². The van der Waals surface area contributed by atoms with Crippen molar-refractivity contribution in [1.82, 2.24) is 9.97 Å². The van der Waals surface area contributed by atoms with Crippen molar-refractivity contribution in [3.05, 3.63) is 10.4 Å². The summed E-state index contributed by atoms with van der Waals surface area (Å²) in [6.07, 6.45) is 0. The Balaban J connectivity index is 3.33. The van der Waals surface area contributed by atoms with E-state index in [2.05, 4.69) is 27.0 Å². The summed E-state index contributed by atoms with van der Waals surface area (Å²) in [4.78, 5) is 11.2. The van der Waals surface area contributed by atoms with E-state index in [1.165, 1.54) is 0 Å². The van der Waals surface area contributed by atoms with Gasteiger partial charge in [-0.2, -0.15) is 4.98 Å². The highest BCUT2D eigenvalue weighted by atomic mass is 35.5. The first-order valence-electron chi connectivity index (χ1n) is 3.06. The van der Waals surface area contributed by atoms with Crippen molar-refractivity contribution >= 4 is 41.4 Å². The van der Waals surface area contributed by atoms with Crippen molar-refractivity contribution in [2.45, 2.75) is 0 Å². The molecule has 0 radical (unpaired) electrons. The third-order valence-corrected chi connectivity index (χ3v) is 1.66. The molecule has 0 atom stereocenters. The van der Waals surface area contributed by atoms with E-state index in [9.17, 15) is 0 Å². The molecule has 0 aliphatic carbocycles. The van der Waals surface area contributed by atoms with E-state index in [1.807, 2.05) is 0 Å². The predicted molar refractivity (Wildman–Crippen MR) is 50.8 cm³/mol. The van der Waals surface area contributed by atoms with Crippen molar-refractivity contribution in [3.8, 4) is 0 Å². The van der Waals surface area contributed by atoms with E-state index in [-0.39, 0.29) is 10.4 Å². The molecule has 4 nitrogen and oxygen atoms in total. The van der Waals surface area contributed by atoms with Crippen LogP contribution in [-0.4, -0.2) is 23.7 Å². The fourth-order valence-corrected chi connectivity index (χ4v) is 1.19. The smallest absolute Gasteiger partial charge is 0.225 e. The quantitative estimate of drug-likeness (QED) is 0.457. The van der Waals surface area contributed by atoms with Crippen LogP contribution >= 0.6 is 23.2 Å². The van der Waals surface area contributed by atoms with Crippen LogP contribution in [0.15, 0.2) is 4.99 Å². The Morgan fingerprint density at radius 3 is 2.58 bits per heavy atom. The lowest BCUT2D eigenvalue weighted by Gasteiger charge is -2.04. The van der Waals surface area contributed by atoms with Crippen molar-refractivity contribution in [2.75, 3.05) is 12.4 Å². The lowest BCUT2D eigenvalue weighted by Crippen LogP contribution is -1.94. The number of aromatic nitrogens is 2. The molecule has 0 saturated heterocycles. The van der Waals surface area contributed by atoms with Gasteiger partial charge in [-0.15, -0.1) is 0 Å². The first kappa shape index (κ1) is 9.22. The number of nitrogens with one attached hydrogen (secondary N) is 1. The van der Waals surface area contributed by atoms with Gasteiger partial charge < -0.3 is 5.32 Å². The van der Waals surface area contributed by atoms with E-state index in [0.29, 0.717) is 11.5 Å².